The maximum Gasteiger partial charge on any atom is 0.111 e. The fourth-order valence-electron chi connectivity index (χ4n) is 1.63. The standard InChI is InChI=1S/C6H12FN/c1-5(7)3-6(2,8)4-5/h3-4,8H2,1-2H3. The van der Waals surface area contributed by atoms with Crippen molar-refractivity contribution in [3.63, 3.8) is 0 Å². The number of rotatable bonds is 0. The molecule has 2 N–H and O–H groups in total. The lowest BCUT2D eigenvalue weighted by molar-refractivity contribution is 0.0139. The number of hydrogen-bond donors (Lipinski definition) is 1. The van der Waals surface area contributed by atoms with Gasteiger partial charge in [-0.05, 0) is 26.7 Å². The van der Waals surface area contributed by atoms with Crippen molar-refractivity contribution in [2.75, 3.05) is 0 Å². The zero-order valence-electron chi connectivity index (χ0n) is 5.37. The molecule has 1 fully saturated rings. The Hall–Kier alpha value is -0.110. The molecule has 0 atom stereocenters. The summed E-state index contributed by atoms with van der Waals surface area (Å²) in [5.74, 6) is 0. The van der Waals surface area contributed by atoms with Crippen LogP contribution in [0.1, 0.15) is 26.7 Å². The van der Waals surface area contributed by atoms with Crippen LogP contribution < -0.4 is 5.73 Å². The van der Waals surface area contributed by atoms with Crippen LogP contribution in [0.4, 0.5) is 4.39 Å². The molecular formula is C6H12FN. The highest BCUT2D eigenvalue weighted by molar-refractivity contribution is 5.03. The fourth-order valence-corrected chi connectivity index (χ4v) is 1.63. The molecule has 8 heavy (non-hydrogen) atoms. The molecule has 0 bridgehead atoms. The molecule has 0 saturated heterocycles. The van der Waals surface area contributed by atoms with Crippen molar-refractivity contribution in [1.29, 1.82) is 0 Å². The predicted molar refractivity (Wildman–Crippen MR) is 31.3 cm³/mol. The Morgan fingerprint density at radius 2 is 1.75 bits per heavy atom. The van der Waals surface area contributed by atoms with Gasteiger partial charge < -0.3 is 5.73 Å². The van der Waals surface area contributed by atoms with E-state index in [1.807, 2.05) is 6.92 Å². The first-order valence-electron chi connectivity index (χ1n) is 2.89. The van der Waals surface area contributed by atoms with Crippen molar-refractivity contribution >= 4 is 0 Å². The quantitative estimate of drug-likeness (QED) is 0.507. The van der Waals surface area contributed by atoms with Crippen molar-refractivity contribution in [3.05, 3.63) is 0 Å². The smallest absolute Gasteiger partial charge is 0.111 e. The largest absolute Gasteiger partial charge is 0.325 e. The molecule has 0 aliphatic heterocycles. The van der Waals surface area contributed by atoms with E-state index in [0.717, 1.165) is 0 Å². The minimum Gasteiger partial charge on any atom is -0.325 e. The number of alkyl halides is 1. The van der Waals surface area contributed by atoms with E-state index < -0.39 is 5.67 Å². The number of nitrogens with two attached hydrogens (primary N) is 1. The lowest BCUT2D eigenvalue weighted by atomic mass is 9.69. The highest BCUT2D eigenvalue weighted by Gasteiger charge is 2.46. The van der Waals surface area contributed by atoms with Crippen LogP contribution in [0.5, 0.6) is 0 Å². The third-order valence-corrected chi connectivity index (χ3v) is 1.54. The molecule has 0 aromatic heterocycles. The van der Waals surface area contributed by atoms with Gasteiger partial charge in [0.15, 0.2) is 0 Å². The van der Waals surface area contributed by atoms with Crippen LogP contribution >= 0.6 is 0 Å². The number of halogens is 1. The molecule has 0 radical (unpaired) electrons. The van der Waals surface area contributed by atoms with Crippen molar-refractivity contribution in [2.24, 2.45) is 5.73 Å². The molecule has 0 heterocycles. The van der Waals surface area contributed by atoms with E-state index in [1.165, 1.54) is 0 Å². The highest BCUT2D eigenvalue weighted by atomic mass is 19.1. The summed E-state index contributed by atoms with van der Waals surface area (Å²) in [4.78, 5) is 0. The lowest BCUT2D eigenvalue weighted by Crippen LogP contribution is -2.56. The molecule has 1 aliphatic carbocycles. The van der Waals surface area contributed by atoms with Crippen molar-refractivity contribution < 1.29 is 4.39 Å². The summed E-state index contributed by atoms with van der Waals surface area (Å²) in [6, 6.07) is 0. The predicted octanol–water partition coefficient (Wildman–Crippen LogP) is 1.23. The summed E-state index contributed by atoms with van der Waals surface area (Å²) in [7, 11) is 0. The second kappa shape index (κ2) is 1.24. The molecule has 0 spiro atoms. The fraction of sp³-hybridized carbons (Fsp3) is 1.00. The zero-order valence-corrected chi connectivity index (χ0v) is 5.37. The summed E-state index contributed by atoms with van der Waals surface area (Å²) < 4.78 is 12.6. The average molecular weight is 117 g/mol. The second-order valence-electron chi connectivity index (χ2n) is 3.42. The molecule has 0 aromatic rings. The molecule has 1 rings (SSSR count). The van der Waals surface area contributed by atoms with Crippen LogP contribution in [0.15, 0.2) is 0 Å². The van der Waals surface area contributed by atoms with E-state index in [1.54, 1.807) is 6.92 Å². The summed E-state index contributed by atoms with van der Waals surface area (Å²) in [5.41, 5.74) is 4.37. The first-order valence-corrected chi connectivity index (χ1v) is 2.89. The molecule has 1 saturated carbocycles. The minimum atomic E-state index is -0.969. The van der Waals surface area contributed by atoms with Gasteiger partial charge in [-0.15, -0.1) is 0 Å². The number of hydrogen-bond acceptors (Lipinski definition) is 1. The zero-order chi connectivity index (χ0) is 6.41. The van der Waals surface area contributed by atoms with Crippen LogP contribution in [0.2, 0.25) is 0 Å². The maximum absolute atomic E-state index is 12.6. The van der Waals surface area contributed by atoms with Gasteiger partial charge in [0, 0.05) is 5.54 Å². The van der Waals surface area contributed by atoms with Crippen LogP contribution in [-0.4, -0.2) is 11.2 Å². The molecule has 0 unspecified atom stereocenters. The summed E-state index contributed by atoms with van der Waals surface area (Å²) in [6.45, 7) is 3.48. The van der Waals surface area contributed by atoms with Gasteiger partial charge in [-0.2, -0.15) is 0 Å². The van der Waals surface area contributed by atoms with Crippen LogP contribution in [0.25, 0.3) is 0 Å². The Bertz CT molecular complexity index is 85.1. The Morgan fingerprint density at radius 1 is 1.38 bits per heavy atom. The molecule has 2 heteroatoms. The lowest BCUT2D eigenvalue weighted by Gasteiger charge is -2.45. The first kappa shape index (κ1) is 6.02. The summed E-state index contributed by atoms with van der Waals surface area (Å²) >= 11 is 0. The summed E-state index contributed by atoms with van der Waals surface area (Å²) in [5, 5.41) is 0. The van der Waals surface area contributed by atoms with Gasteiger partial charge in [-0.1, -0.05) is 0 Å². The Morgan fingerprint density at radius 3 is 1.75 bits per heavy atom. The van der Waals surface area contributed by atoms with Crippen molar-refractivity contribution in [1.82, 2.24) is 0 Å². The summed E-state index contributed by atoms with van der Waals surface area (Å²) in [6.07, 6.45) is 1.03. The van der Waals surface area contributed by atoms with Gasteiger partial charge in [0.2, 0.25) is 0 Å². The monoisotopic (exact) mass is 117 g/mol. The third-order valence-electron chi connectivity index (χ3n) is 1.54. The normalized spacial score (nSPS) is 55.5. The van der Waals surface area contributed by atoms with E-state index in [2.05, 4.69) is 0 Å². The molecule has 1 nitrogen and oxygen atoms in total. The third kappa shape index (κ3) is 0.996. The van der Waals surface area contributed by atoms with Crippen LogP contribution in [-0.2, 0) is 0 Å². The highest BCUT2D eigenvalue weighted by Crippen LogP contribution is 2.41. The van der Waals surface area contributed by atoms with E-state index >= 15 is 0 Å². The average Bonchev–Trinajstić information content (AvgIpc) is 1.20. The van der Waals surface area contributed by atoms with Crippen molar-refractivity contribution in [2.45, 2.75) is 37.9 Å². The molecule has 48 valence electrons. The second-order valence-corrected chi connectivity index (χ2v) is 3.42. The van der Waals surface area contributed by atoms with Crippen molar-refractivity contribution in [3.8, 4) is 0 Å². The van der Waals surface area contributed by atoms with Gasteiger partial charge in [-0.25, -0.2) is 4.39 Å². The molecule has 1 aliphatic rings. The molecule has 0 amide bonds. The van der Waals surface area contributed by atoms with Gasteiger partial charge in [0.1, 0.15) is 5.67 Å². The minimum absolute atomic E-state index is 0.219. The van der Waals surface area contributed by atoms with Gasteiger partial charge >= 0.3 is 0 Å². The van der Waals surface area contributed by atoms with Gasteiger partial charge in [0.05, 0.1) is 0 Å². The van der Waals surface area contributed by atoms with Crippen LogP contribution in [0, 0.1) is 0 Å². The van der Waals surface area contributed by atoms with E-state index in [9.17, 15) is 4.39 Å². The van der Waals surface area contributed by atoms with Gasteiger partial charge in [0.25, 0.3) is 0 Å². The van der Waals surface area contributed by atoms with E-state index in [-0.39, 0.29) is 5.54 Å². The van der Waals surface area contributed by atoms with E-state index in [0.29, 0.717) is 12.8 Å². The molecule has 0 aromatic carbocycles. The van der Waals surface area contributed by atoms with Crippen LogP contribution in [0.3, 0.4) is 0 Å². The topological polar surface area (TPSA) is 26.0 Å². The van der Waals surface area contributed by atoms with Gasteiger partial charge in [-0.3, -0.25) is 0 Å². The Balaban J connectivity index is 2.42. The molecular weight excluding hydrogens is 105 g/mol. The van der Waals surface area contributed by atoms with E-state index in [4.69, 9.17) is 5.73 Å². The maximum atomic E-state index is 12.6. The Labute approximate surface area is 49.1 Å². The Kier molecular flexibility index (Phi) is 0.932. The SMILES string of the molecule is CC1(N)CC(C)(F)C1. The first-order chi connectivity index (χ1) is 3.41.